The average Bonchev–Trinajstić information content (AvgIpc) is 3.01. The van der Waals surface area contributed by atoms with Crippen LogP contribution in [-0.4, -0.2) is 35.0 Å². The number of hydrogen-bond acceptors (Lipinski definition) is 3. The fourth-order valence-electron chi connectivity index (χ4n) is 3.71. The number of aromatic nitrogens is 1. The number of anilines is 1. The summed E-state index contributed by atoms with van der Waals surface area (Å²) in [5.74, 6) is -1.69. The minimum atomic E-state index is -4.70. The van der Waals surface area contributed by atoms with Gasteiger partial charge in [-0.3, -0.25) is 4.90 Å². The molecule has 0 radical (unpaired) electrons. The van der Waals surface area contributed by atoms with Gasteiger partial charge in [-0.25, -0.2) is 14.0 Å². The first kappa shape index (κ1) is 22.4. The van der Waals surface area contributed by atoms with E-state index in [4.69, 9.17) is 4.74 Å². The number of halogens is 4. The van der Waals surface area contributed by atoms with E-state index in [1.54, 1.807) is 6.92 Å². The van der Waals surface area contributed by atoms with E-state index in [9.17, 15) is 27.2 Å². The maximum absolute atomic E-state index is 14.1. The first-order valence-electron chi connectivity index (χ1n) is 10.1. The molecule has 172 valence electrons. The molecule has 2 aromatic carbocycles. The molecule has 0 spiro atoms. The fraction of sp³-hybridized carbons (Fsp3) is 0.217. The summed E-state index contributed by atoms with van der Waals surface area (Å²) in [7, 11) is 0. The number of benzene rings is 2. The molecule has 0 unspecified atom stereocenters. The SMILES string of the molecule is CCOC(=O)C1=CN(C(=O)Nc2cc(C(F)(F)F)ccc2F)CCc2c1[nH]c1ccccc21. The number of nitrogens with zero attached hydrogens (tertiary/aromatic N) is 1. The van der Waals surface area contributed by atoms with E-state index in [2.05, 4.69) is 10.3 Å². The number of H-pyrrole nitrogens is 1. The lowest BCUT2D eigenvalue weighted by molar-refractivity contribution is -0.138. The van der Waals surface area contributed by atoms with Gasteiger partial charge in [0.25, 0.3) is 0 Å². The quantitative estimate of drug-likeness (QED) is 0.410. The van der Waals surface area contributed by atoms with Gasteiger partial charge in [-0.2, -0.15) is 13.2 Å². The molecule has 1 aromatic heterocycles. The Morgan fingerprint density at radius 3 is 2.67 bits per heavy atom. The topological polar surface area (TPSA) is 74.4 Å². The minimum absolute atomic E-state index is 0.0835. The summed E-state index contributed by atoms with van der Waals surface area (Å²) in [5.41, 5.74) is 0.468. The third-order valence-electron chi connectivity index (χ3n) is 5.26. The van der Waals surface area contributed by atoms with Crippen molar-refractivity contribution in [1.82, 2.24) is 9.88 Å². The van der Waals surface area contributed by atoms with E-state index in [-0.39, 0.29) is 18.7 Å². The van der Waals surface area contributed by atoms with Gasteiger partial charge in [0, 0.05) is 23.6 Å². The van der Waals surface area contributed by atoms with Crippen molar-refractivity contribution >= 4 is 34.2 Å². The van der Waals surface area contributed by atoms with E-state index < -0.39 is 35.2 Å². The molecule has 0 bridgehead atoms. The second-order valence-electron chi connectivity index (χ2n) is 7.35. The number of carbonyl (C=O) groups is 2. The number of fused-ring (bicyclic) bond motifs is 3. The average molecular weight is 461 g/mol. The molecule has 10 heteroatoms. The Kier molecular flexibility index (Phi) is 5.84. The Balaban J connectivity index is 1.69. The van der Waals surface area contributed by atoms with Gasteiger partial charge in [0.2, 0.25) is 0 Å². The highest BCUT2D eigenvalue weighted by Gasteiger charge is 2.32. The fourth-order valence-corrected chi connectivity index (χ4v) is 3.71. The van der Waals surface area contributed by atoms with Crippen LogP contribution in [0.2, 0.25) is 0 Å². The number of nitrogens with one attached hydrogen (secondary N) is 2. The summed E-state index contributed by atoms with van der Waals surface area (Å²) in [6.07, 6.45) is -3.09. The highest BCUT2D eigenvalue weighted by Crippen LogP contribution is 2.33. The van der Waals surface area contributed by atoms with Crippen molar-refractivity contribution in [3.05, 3.63) is 71.3 Å². The molecule has 2 amide bonds. The van der Waals surface area contributed by atoms with Gasteiger partial charge in [-0.05, 0) is 43.2 Å². The third-order valence-corrected chi connectivity index (χ3v) is 5.26. The van der Waals surface area contributed by atoms with Crippen LogP contribution in [0.15, 0.2) is 48.7 Å². The number of esters is 1. The number of amides is 2. The van der Waals surface area contributed by atoms with Gasteiger partial charge >= 0.3 is 18.2 Å². The molecule has 0 atom stereocenters. The third kappa shape index (κ3) is 4.41. The van der Waals surface area contributed by atoms with Crippen LogP contribution in [0.5, 0.6) is 0 Å². The molecule has 2 heterocycles. The summed E-state index contributed by atoms with van der Waals surface area (Å²) in [6, 6.07) is 8.28. The normalized spacial score (nSPS) is 13.8. The first-order valence-corrected chi connectivity index (χ1v) is 10.1. The Bertz CT molecular complexity index is 1260. The Morgan fingerprint density at radius 1 is 1.18 bits per heavy atom. The van der Waals surface area contributed by atoms with Crippen LogP contribution in [0.25, 0.3) is 16.5 Å². The maximum Gasteiger partial charge on any atom is 0.416 e. The van der Waals surface area contributed by atoms with Crippen LogP contribution in [-0.2, 0) is 22.1 Å². The number of para-hydroxylation sites is 1. The summed E-state index contributed by atoms with van der Waals surface area (Å²) >= 11 is 0. The molecule has 0 saturated carbocycles. The summed E-state index contributed by atoms with van der Waals surface area (Å²) in [4.78, 5) is 29.8. The number of alkyl halides is 3. The Morgan fingerprint density at radius 2 is 1.94 bits per heavy atom. The largest absolute Gasteiger partial charge is 0.462 e. The van der Waals surface area contributed by atoms with Gasteiger partial charge in [0.15, 0.2) is 0 Å². The van der Waals surface area contributed by atoms with E-state index >= 15 is 0 Å². The van der Waals surface area contributed by atoms with Gasteiger partial charge in [0.05, 0.1) is 29.1 Å². The van der Waals surface area contributed by atoms with Crippen LogP contribution < -0.4 is 5.32 Å². The lowest BCUT2D eigenvalue weighted by Crippen LogP contribution is -2.32. The number of carbonyl (C=O) groups excluding carboxylic acids is 2. The molecular formula is C23H19F4N3O3. The Hall–Kier alpha value is -3.82. The maximum atomic E-state index is 14.1. The number of urea groups is 1. The van der Waals surface area contributed by atoms with E-state index in [0.29, 0.717) is 30.3 Å². The summed E-state index contributed by atoms with van der Waals surface area (Å²) in [6.45, 7) is 1.85. The summed E-state index contributed by atoms with van der Waals surface area (Å²) < 4.78 is 58.2. The van der Waals surface area contributed by atoms with Crippen LogP contribution in [0.1, 0.15) is 23.7 Å². The molecule has 4 rings (SSSR count). The van der Waals surface area contributed by atoms with Crippen molar-refractivity contribution in [3.63, 3.8) is 0 Å². The molecule has 2 N–H and O–H groups in total. The van der Waals surface area contributed by atoms with Crippen molar-refractivity contribution in [1.29, 1.82) is 0 Å². The predicted molar refractivity (Wildman–Crippen MR) is 114 cm³/mol. The molecule has 33 heavy (non-hydrogen) atoms. The molecular weight excluding hydrogens is 442 g/mol. The van der Waals surface area contributed by atoms with Crippen LogP contribution in [0.3, 0.4) is 0 Å². The number of hydrogen-bond donors (Lipinski definition) is 2. The van der Waals surface area contributed by atoms with Crippen molar-refractivity contribution in [3.8, 4) is 0 Å². The molecule has 3 aromatic rings. The molecule has 1 aliphatic heterocycles. The zero-order valence-corrected chi connectivity index (χ0v) is 17.4. The van der Waals surface area contributed by atoms with Crippen molar-refractivity contribution < 1.29 is 31.9 Å². The monoisotopic (exact) mass is 461 g/mol. The molecule has 6 nitrogen and oxygen atoms in total. The second-order valence-corrected chi connectivity index (χ2v) is 7.35. The number of rotatable bonds is 3. The van der Waals surface area contributed by atoms with Gasteiger partial charge in [-0.1, -0.05) is 18.2 Å². The standard InChI is InChI=1S/C23H19F4N3O3/c1-2-33-21(31)16-12-30(10-9-15-14-5-3-4-6-18(14)28-20(15)16)22(32)29-19-11-13(23(25,26)27)7-8-17(19)24/h3-8,11-12,28H,2,9-10H2,1H3,(H,29,32). The molecule has 1 aliphatic rings. The predicted octanol–water partition coefficient (Wildman–Crippen LogP) is 5.32. The Labute approximate surface area is 185 Å². The lowest BCUT2D eigenvalue weighted by atomic mass is 10.0. The van der Waals surface area contributed by atoms with Crippen LogP contribution >= 0.6 is 0 Å². The first-order chi connectivity index (χ1) is 15.7. The van der Waals surface area contributed by atoms with Crippen LogP contribution in [0.4, 0.5) is 28.0 Å². The highest BCUT2D eigenvalue weighted by molar-refractivity contribution is 6.18. The number of aromatic amines is 1. The zero-order valence-electron chi connectivity index (χ0n) is 17.4. The van der Waals surface area contributed by atoms with Gasteiger partial charge in [-0.15, -0.1) is 0 Å². The van der Waals surface area contributed by atoms with Crippen molar-refractivity contribution in [2.75, 3.05) is 18.5 Å². The molecule has 0 aliphatic carbocycles. The smallest absolute Gasteiger partial charge is 0.416 e. The van der Waals surface area contributed by atoms with Crippen LogP contribution in [0, 0.1) is 5.82 Å². The van der Waals surface area contributed by atoms with E-state index in [1.165, 1.54) is 6.20 Å². The lowest BCUT2D eigenvalue weighted by Gasteiger charge is -2.19. The second kappa shape index (κ2) is 8.61. The van der Waals surface area contributed by atoms with E-state index in [1.807, 2.05) is 24.3 Å². The molecule has 0 saturated heterocycles. The van der Waals surface area contributed by atoms with E-state index in [0.717, 1.165) is 21.4 Å². The van der Waals surface area contributed by atoms with Gasteiger partial charge in [0.1, 0.15) is 5.82 Å². The number of ether oxygens (including phenoxy) is 1. The van der Waals surface area contributed by atoms with Gasteiger partial charge < -0.3 is 15.0 Å². The highest BCUT2D eigenvalue weighted by atomic mass is 19.4. The minimum Gasteiger partial charge on any atom is -0.462 e. The summed E-state index contributed by atoms with van der Waals surface area (Å²) in [5, 5.41) is 3.04. The molecule has 0 fully saturated rings. The van der Waals surface area contributed by atoms with Crippen molar-refractivity contribution in [2.24, 2.45) is 0 Å². The zero-order chi connectivity index (χ0) is 23.8. The van der Waals surface area contributed by atoms with Crippen molar-refractivity contribution in [2.45, 2.75) is 19.5 Å².